The summed E-state index contributed by atoms with van der Waals surface area (Å²) in [5.41, 5.74) is 4.92. The van der Waals surface area contributed by atoms with Crippen LogP contribution >= 0.6 is 23.2 Å². The molecule has 0 bridgehead atoms. The fourth-order valence-electron chi connectivity index (χ4n) is 7.97. The first kappa shape index (κ1) is 47.9. The zero-order valence-corrected chi connectivity index (χ0v) is 39.6. The molecule has 19 heteroatoms. The van der Waals surface area contributed by atoms with Crippen LogP contribution < -0.4 is 23.7 Å². The summed E-state index contributed by atoms with van der Waals surface area (Å²) in [6.07, 6.45) is 4.70. The Hall–Kier alpha value is -6.58. The second-order valence-corrected chi connectivity index (χ2v) is 16.8. The lowest BCUT2D eigenvalue weighted by atomic mass is 10.1. The third-order valence-electron chi connectivity index (χ3n) is 11.7. The van der Waals surface area contributed by atoms with Gasteiger partial charge >= 0.3 is 12.0 Å². The number of aliphatic imine (C=N–C) groups is 1. The number of nitrogens with one attached hydrogen (secondary N) is 1. The molecule has 7 aromatic rings. The van der Waals surface area contributed by atoms with Crippen molar-refractivity contribution in [1.82, 2.24) is 39.3 Å². The second kappa shape index (κ2) is 21.6. The first-order valence-electron chi connectivity index (χ1n) is 22.2. The normalized spacial score (nSPS) is 13.9. The molecule has 4 aromatic heterocycles. The van der Waals surface area contributed by atoms with E-state index in [1.807, 2.05) is 47.5 Å². The zero-order valence-electron chi connectivity index (χ0n) is 38.1. The third-order valence-corrected chi connectivity index (χ3v) is 12.3. The fourth-order valence-corrected chi connectivity index (χ4v) is 8.50. The summed E-state index contributed by atoms with van der Waals surface area (Å²) in [7, 11) is 3.19. The lowest BCUT2D eigenvalue weighted by molar-refractivity contribution is -0.0565. The molecule has 0 spiro atoms. The van der Waals surface area contributed by atoms with Crippen LogP contribution in [0.1, 0.15) is 43.4 Å². The molecule has 354 valence electrons. The number of hydrogen-bond acceptors (Lipinski definition) is 13. The third kappa shape index (κ3) is 10.9. The molecule has 15 nitrogen and oxygen atoms in total. The molecule has 1 N–H and O–H groups in total. The average molecular weight is 968 g/mol. The molecule has 1 aliphatic heterocycles. The van der Waals surface area contributed by atoms with Crippen LogP contribution in [0, 0.1) is 11.3 Å². The van der Waals surface area contributed by atoms with Gasteiger partial charge in [0.25, 0.3) is 5.92 Å². The predicted octanol–water partition coefficient (Wildman–Crippen LogP) is 9.72. The van der Waals surface area contributed by atoms with Gasteiger partial charge in [-0.15, -0.1) is 0 Å². The summed E-state index contributed by atoms with van der Waals surface area (Å²) >= 11 is 13.7. The van der Waals surface area contributed by atoms with E-state index in [9.17, 15) is 14.0 Å². The van der Waals surface area contributed by atoms with Gasteiger partial charge in [-0.25, -0.2) is 8.78 Å². The van der Waals surface area contributed by atoms with Crippen molar-refractivity contribution in [3.8, 4) is 57.9 Å². The van der Waals surface area contributed by atoms with Crippen molar-refractivity contribution in [3.63, 3.8) is 0 Å². The number of likely N-dealkylation sites (tertiary alicyclic amines) is 1. The van der Waals surface area contributed by atoms with Crippen LogP contribution in [0.4, 0.5) is 8.78 Å². The molecule has 0 aliphatic carbocycles. The van der Waals surface area contributed by atoms with Crippen molar-refractivity contribution in [2.24, 2.45) is 4.99 Å². The highest BCUT2D eigenvalue weighted by Gasteiger charge is 2.34. The number of likely N-dealkylation sites (N-methyl/N-ethyl adjacent to an activating group) is 1. The largest absolute Gasteiger partial charge is 0.493 e. The van der Waals surface area contributed by atoms with Gasteiger partial charge in [0, 0.05) is 81.4 Å². The molecule has 1 saturated heterocycles. The van der Waals surface area contributed by atoms with Gasteiger partial charge in [-0.2, -0.15) is 25.2 Å². The lowest BCUT2D eigenvalue weighted by Crippen LogP contribution is -2.41. The Bertz CT molecular complexity index is 2950. The first-order chi connectivity index (χ1) is 33.0. The number of nitriles is 1. The number of halogens is 4. The van der Waals surface area contributed by atoms with Crippen molar-refractivity contribution in [2.45, 2.75) is 45.9 Å². The van der Waals surface area contributed by atoms with E-state index in [0.29, 0.717) is 103 Å². The topological polar surface area (TPSA) is 161 Å². The van der Waals surface area contributed by atoms with Crippen LogP contribution in [-0.2, 0) is 13.3 Å². The summed E-state index contributed by atoms with van der Waals surface area (Å²) < 4.78 is 60.4. The van der Waals surface area contributed by atoms with Gasteiger partial charge in [0.2, 0.25) is 0 Å². The lowest BCUT2D eigenvalue weighted by Gasteiger charge is -2.31. The Morgan fingerprint density at radius 3 is 2.35 bits per heavy atom. The van der Waals surface area contributed by atoms with E-state index < -0.39 is 5.92 Å². The molecule has 0 radical (unpaired) electrons. The van der Waals surface area contributed by atoms with Crippen molar-refractivity contribution in [3.05, 3.63) is 99.8 Å². The number of alkyl halides is 2. The molecular weight excluding hydrogens is 918 g/mol. The fraction of sp³-hybridized carbons (Fsp3) is 0.347. The van der Waals surface area contributed by atoms with E-state index in [1.165, 1.54) is 7.11 Å². The van der Waals surface area contributed by atoms with Gasteiger partial charge in [0.05, 0.1) is 44.9 Å². The van der Waals surface area contributed by atoms with E-state index in [0.717, 1.165) is 18.7 Å². The number of piperidine rings is 1. The predicted molar refractivity (Wildman–Crippen MR) is 258 cm³/mol. The first-order valence-corrected chi connectivity index (χ1v) is 22.9. The number of aromatic amines is 1. The Kier molecular flexibility index (Phi) is 15.2. The van der Waals surface area contributed by atoms with E-state index in [2.05, 4.69) is 39.8 Å². The second-order valence-electron chi connectivity index (χ2n) is 16.0. The van der Waals surface area contributed by atoms with Crippen LogP contribution in [0.15, 0.2) is 78.0 Å². The van der Waals surface area contributed by atoms with Crippen LogP contribution in [0.2, 0.25) is 10.0 Å². The van der Waals surface area contributed by atoms with Crippen LogP contribution in [-0.4, -0.2) is 118 Å². The number of methoxy groups -OCH3 is 1. The number of H-pyrrole nitrogens is 1. The molecule has 0 saturated carbocycles. The molecule has 3 aromatic carbocycles. The summed E-state index contributed by atoms with van der Waals surface area (Å²) in [6, 6.07) is 20.8. The van der Waals surface area contributed by atoms with Crippen molar-refractivity contribution < 1.29 is 32.5 Å². The van der Waals surface area contributed by atoms with Crippen LogP contribution in [0.25, 0.3) is 44.6 Å². The molecule has 0 unspecified atom stereocenters. The van der Waals surface area contributed by atoms with Gasteiger partial charge in [0.1, 0.15) is 37.3 Å². The molecular formula is C49H50Cl2F2N10O5. The highest BCUT2D eigenvalue weighted by atomic mass is 35.5. The minimum Gasteiger partial charge on any atom is -0.493 e. The van der Waals surface area contributed by atoms with E-state index >= 15 is 0 Å². The summed E-state index contributed by atoms with van der Waals surface area (Å²) in [6.45, 7) is 8.29. The van der Waals surface area contributed by atoms with Gasteiger partial charge in [-0.1, -0.05) is 67.4 Å². The van der Waals surface area contributed by atoms with Gasteiger partial charge in [0.15, 0.2) is 23.9 Å². The summed E-state index contributed by atoms with van der Waals surface area (Å²) in [5, 5.41) is 11.7. The average Bonchev–Trinajstić information content (AvgIpc) is 3.93. The highest BCUT2D eigenvalue weighted by Crippen LogP contribution is 2.42. The van der Waals surface area contributed by atoms with E-state index in [-0.39, 0.29) is 57.9 Å². The minimum absolute atomic E-state index is 0.0305. The van der Waals surface area contributed by atoms with Crippen molar-refractivity contribution >= 4 is 51.5 Å². The molecule has 1 aliphatic rings. The number of rotatable bonds is 20. The molecule has 1 fully saturated rings. The number of nitrogens with zero attached hydrogens (tertiary/aromatic N) is 9. The number of ether oxygens (including phenoxy) is 5. The monoisotopic (exact) mass is 966 g/mol. The maximum absolute atomic E-state index is 13.9. The Balaban J connectivity index is 1.13. The quantitative estimate of drug-likeness (QED) is 0.0722. The number of benzene rings is 3. The van der Waals surface area contributed by atoms with E-state index in [1.54, 1.807) is 48.3 Å². The van der Waals surface area contributed by atoms with Crippen LogP contribution in [0.5, 0.6) is 29.3 Å². The molecule has 0 atom stereocenters. The van der Waals surface area contributed by atoms with Gasteiger partial charge < -0.3 is 33.6 Å². The minimum atomic E-state index is -2.67. The standard InChI is InChI=1S/C49H50Cl2F2N10O5/c1-5-61(6-2)18-20-65-47-57-43(41-33(25-54)27-56-45(41)59-47)32-12-13-38(40(22-32)64-4)68-30-63-28-34(26-55-3)42-44(35-23-39(37(51)24-36(35)50)67-29-31-10-8-7-9-11-31)58-48(60-46(42)63)66-21-19-62-16-14-49(52,53)15-17-62/h7-13,22-24,26-28H,5-6,14-21,29-30H2,1-4H3,(H,56,57,59). The van der Waals surface area contributed by atoms with Crippen LogP contribution in [0.3, 0.4) is 0 Å². The SMILES string of the molecule is CCN(CC)CCOc1nc(-c2ccc(OCn3cc(C=NC)c4c(-c5cc(OCc6ccccc6)c(Cl)cc5Cl)nc(OCCN5CCC(F)(F)CC5)nc43)c(OC)c2)c2c(C#N)c[nH]c2n1. The van der Waals surface area contributed by atoms with Crippen molar-refractivity contribution in [1.29, 1.82) is 5.26 Å². The van der Waals surface area contributed by atoms with Gasteiger partial charge in [-0.05, 0) is 49.0 Å². The number of aromatic nitrogens is 6. The van der Waals surface area contributed by atoms with E-state index in [4.69, 9.17) is 61.8 Å². The van der Waals surface area contributed by atoms with Gasteiger partial charge in [-0.3, -0.25) is 14.5 Å². The Morgan fingerprint density at radius 2 is 1.62 bits per heavy atom. The molecule has 68 heavy (non-hydrogen) atoms. The number of fused-ring (bicyclic) bond motifs is 2. The Morgan fingerprint density at radius 1 is 0.868 bits per heavy atom. The maximum atomic E-state index is 13.9. The maximum Gasteiger partial charge on any atom is 0.319 e. The summed E-state index contributed by atoms with van der Waals surface area (Å²) in [4.78, 5) is 30.7. The molecule has 8 rings (SSSR count). The number of hydrogen-bond donors (Lipinski definition) is 1. The van der Waals surface area contributed by atoms with Crippen molar-refractivity contribution in [2.75, 3.05) is 66.6 Å². The molecule has 5 heterocycles. The zero-order chi connectivity index (χ0) is 47.8. The highest BCUT2D eigenvalue weighted by molar-refractivity contribution is 6.37. The summed E-state index contributed by atoms with van der Waals surface area (Å²) in [5.74, 6) is -1.49. The molecule has 0 amide bonds. The smallest absolute Gasteiger partial charge is 0.319 e. The Labute approximate surface area is 402 Å².